The Morgan fingerprint density at radius 1 is 1.14 bits per heavy atom. The minimum Gasteiger partial charge on any atom is -0.340 e. The quantitative estimate of drug-likeness (QED) is 0.784. The monoisotopic (exact) mass is 297 g/mol. The summed E-state index contributed by atoms with van der Waals surface area (Å²) in [4.78, 5) is 16.9. The van der Waals surface area contributed by atoms with E-state index in [-0.39, 0.29) is 5.41 Å². The molecule has 1 atom stereocenters. The first-order chi connectivity index (χ1) is 9.88. The average molecular weight is 297 g/mol. The Hall–Kier alpha value is -0.610. The Morgan fingerprint density at radius 2 is 1.76 bits per heavy atom. The van der Waals surface area contributed by atoms with E-state index in [1.807, 2.05) is 4.90 Å². The van der Waals surface area contributed by atoms with E-state index < -0.39 is 0 Å². The maximum atomic E-state index is 12.4. The Labute approximate surface area is 131 Å². The Bertz CT molecular complexity index is 304. The van der Waals surface area contributed by atoms with E-state index in [9.17, 15) is 4.79 Å². The van der Waals surface area contributed by atoms with Gasteiger partial charge in [0.05, 0.1) is 0 Å². The fourth-order valence-corrected chi connectivity index (χ4v) is 3.20. The van der Waals surface area contributed by atoms with Gasteiger partial charge in [0.25, 0.3) is 0 Å². The SMILES string of the molecule is CCCN1CCN(C(=O)CCC(CCN)C(C)(C)C)CC1. The van der Waals surface area contributed by atoms with Gasteiger partial charge in [0.2, 0.25) is 5.91 Å². The van der Waals surface area contributed by atoms with Gasteiger partial charge in [-0.3, -0.25) is 9.69 Å². The molecule has 0 spiro atoms. The third kappa shape index (κ3) is 6.35. The maximum absolute atomic E-state index is 12.4. The van der Waals surface area contributed by atoms with Crippen molar-refractivity contribution in [1.82, 2.24) is 9.80 Å². The zero-order valence-electron chi connectivity index (χ0n) is 14.5. The molecule has 0 saturated carbocycles. The van der Waals surface area contributed by atoms with Gasteiger partial charge in [0.15, 0.2) is 0 Å². The van der Waals surface area contributed by atoms with E-state index in [4.69, 9.17) is 5.73 Å². The fourth-order valence-electron chi connectivity index (χ4n) is 3.20. The number of nitrogens with two attached hydrogens (primary N) is 1. The molecule has 4 nitrogen and oxygen atoms in total. The summed E-state index contributed by atoms with van der Waals surface area (Å²) in [6, 6.07) is 0. The third-order valence-electron chi connectivity index (χ3n) is 4.71. The number of carbonyl (C=O) groups is 1. The van der Waals surface area contributed by atoms with E-state index >= 15 is 0 Å². The highest BCUT2D eigenvalue weighted by Crippen LogP contribution is 2.32. The predicted octanol–water partition coefficient (Wildman–Crippen LogP) is 2.33. The van der Waals surface area contributed by atoms with Crippen molar-refractivity contribution >= 4 is 5.91 Å². The molecule has 21 heavy (non-hydrogen) atoms. The maximum Gasteiger partial charge on any atom is 0.222 e. The Kier molecular flexibility index (Phi) is 7.67. The van der Waals surface area contributed by atoms with Gasteiger partial charge in [0.1, 0.15) is 0 Å². The molecule has 0 aliphatic carbocycles. The number of hydrogen-bond donors (Lipinski definition) is 1. The Balaban J connectivity index is 2.36. The zero-order chi connectivity index (χ0) is 15.9. The summed E-state index contributed by atoms with van der Waals surface area (Å²) < 4.78 is 0. The molecular weight excluding hydrogens is 262 g/mol. The summed E-state index contributed by atoms with van der Waals surface area (Å²) in [7, 11) is 0. The summed E-state index contributed by atoms with van der Waals surface area (Å²) in [5.74, 6) is 0.866. The molecule has 1 amide bonds. The topological polar surface area (TPSA) is 49.6 Å². The van der Waals surface area contributed by atoms with Gasteiger partial charge in [-0.1, -0.05) is 27.7 Å². The molecule has 0 aromatic rings. The number of piperazine rings is 1. The number of carbonyl (C=O) groups excluding carboxylic acids is 1. The highest BCUT2D eigenvalue weighted by atomic mass is 16.2. The van der Waals surface area contributed by atoms with Crippen molar-refractivity contribution in [2.24, 2.45) is 17.1 Å². The minimum absolute atomic E-state index is 0.236. The summed E-state index contributed by atoms with van der Waals surface area (Å²) in [5.41, 5.74) is 5.95. The van der Waals surface area contributed by atoms with Crippen LogP contribution in [0.15, 0.2) is 0 Å². The second-order valence-corrected chi connectivity index (χ2v) is 7.40. The van der Waals surface area contributed by atoms with Crippen LogP contribution >= 0.6 is 0 Å². The molecule has 0 aromatic carbocycles. The molecule has 0 radical (unpaired) electrons. The second kappa shape index (κ2) is 8.74. The number of rotatable bonds is 7. The lowest BCUT2D eigenvalue weighted by atomic mass is 9.76. The van der Waals surface area contributed by atoms with Crippen LogP contribution in [0.4, 0.5) is 0 Å². The summed E-state index contributed by atoms with van der Waals surface area (Å²) in [6.07, 6.45) is 3.85. The molecule has 1 fully saturated rings. The summed E-state index contributed by atoms with van der Waals surface area (Å²) in [6.45, 7) is 14.7. The minimum atomic E-state index is 0.236. The molecule has 4 heteroatoms. The lowest BCUT2D eigenvalue weighted by molar-refractivity contribution is -0.133. The average Bonchev–Trinajstić information content (AvgIpc) is 2.43. The lowest BCUT2D eigenvalue weighted by Gasteiger charge is -2.35. The van der Waals surface area contributed by atoms with E-state index in [0.29, 0.717) is 24.8 Å². The van der Waals surface area contributed by atoms with Crippen molar-refractivity contribution < 1.29 is 4.79 Å². The van der Waals surface area contributed by atoms with Crippen LogP contribution in [0.1, 0.15) is 53.4 Å². The van der Waals surface area contributed by atoms with E-state index in [0.717, 1.165) is 45.6 Å². The molecule has 1 saturated heterocycles. The van der Waals surface area contributed by atoms with Crippen molar-refractivity contribution in [2.75, 3.05) is 39.3 Å². The molecule has 124 valence electrons. The normalized spacial score (nSPS) is 18.8. The van der Waals surface area contributed by atoms with Crippen molar-refractivity contribution in [2.45, 2.75) is 53.4 Å². The van der Waals surface area contributed by atoms with Gasteiger partial charge in [-0.15, -0.1) is 0 Å². The molecule has 1 aliphatic heterocycles. The molecule has 1 rings (SSSR count). The summed E-state index contributed by atoms with van der Waals surface area (Å²) >= 11 is 0. The van der Waals surface area contributed by atoms with Crippen LogP contribution in [0, 0.1) is 11.3 Å². The first-order valence-corrected chi connectivity index (χ1v) is 8.58. The molecule has 0 bridgehead atoms. The summed E-state index contributed by atoms with van der Waals surface area (Å²) in [5, 5.41) is 0. The Morgan fingerprint density at radius 3 is 2.24 bits per heavy atom. The molecule has 1 heterocycles. The van der Waals surface area contributed by atoms with Crippen molar-refractivity contribution in [3.8, 4) is 0 Å². The van der Waals surface area contributed by atoms with Crippen LogP contribution in [-0.4, -0.2) is 55.0 Å². The van der Waals surface area contributed by atoms with Crippen LogP contribution < -0.4 is 5.73 Å². The van der Waals surface area contributed by atoms with Crippen LogP contribution in [-0.2, 0) is 4.79 Å². The fraction of sp³-hybridized carbons (Fsp3) is 0.941. The standard InChI is InChI=1S/C17H35N3O/c1-5-10-19-11-13-20(14-12-19)16(21)7-6-15(8-9-18)17(2,3)4/h15H,5-14,18H2,1-4H3. The van der Waals surface area contributed by atoms with Gasteiger partial charge >= 0.3 is 0 Å². The first-order valence-electron chi connectivity index (χ1n) is 8.58. The van der Waals surface area contributed by atoms with Gasteiger partial charge in [-0.25, -0.2) is 0 Å². The lowest BCUT2D eigenvalue weighted by Crippen LogP contribution is -2.48. The second-order valence-electron chi connectivity index (χ2n) is 7.40. The molecule has 2 N–H and O–H groups in total. The molecule has 1 aliphatic rings. The van der Waals surface area contributed by atoms with Gasteiger partial charge in [0, 0.05) is 32.6 Å². The van der Waals surface area contributed by atoms with Crippen LogP contribution in [0.5, 0.6) is 0 Å². The largest absolute Gasteiger partial charge is 0.340 e. The van der Waals surface area contributed by atoms with Gasteiger partial charge in [-0.2, -0.15) is 0 Å². The number of amides is 1. The highest BCUT2D eigenvalue weighted by molar-refractivity contribution is 5.76. The third-order valence-corrected chi connectivity index (χ3v) is 4.71. The van der Waals surface area contributed by atoms with Crippen molar-refractivity contribution in [3.05, 3.63) is 0 Å². The highest BCUT2D eigenvalue weighted by Gasteiger charge is 2.26. The molecule has 1 unspecified atom stereocenters. The first kappa shape index (κ1) is 18.4. The van der Waals surface area contributed by atoms with Crippen LogP contribution in [0.3, 0.4) is 0 Å². The van der Waals surface area contributed by atoms with E-state index in [2.05, 4.69) is 32.6 Å². The number of hydrogen-bond acceptors (Lipinski definition) is 3. The zero-order valence-corrected chi connectivity index (χ0v) is 14.5. The molecule has 0 aromatic heterocycles. The van der Waals surface area contributed by atoms with Gasteiger partial charge < -0.3 is 10.6 Å². The molecular formula is C17H35N3O. The predicted molar refractivity (Wildman–Crippen MR) is 89.2 cm³/mol. The van der Waals surface area contributed by atoms with Crippen LogP contribution in [0.2, 0.25) is 0 Å². The van der Waals surface area contributed by atoms with E-state index in [1.54, 1.807) is 0 Å². The van der Waals surface area contributed by atoms with Crippen molar-refractivity contribution in [1.29, 1.82) is 0 Å². The number of nitrogens with zero attached hydrogens (tertiary/aromatic N) is 2. The van der Waals surface area contributed by atoms with Crippen LogP contribution in [0.25, 0.3) is 0 Å². The van der Waals surface area contributed by atoms with Gasteiger partial charge in [-0.05, 0) is 43.7 Å². The smallest absolute Gasteiger partial charge is 0.222 e. The van der Waals surface area contributed by atoms with E-state index in [1.165, 1.54) is 6.42 Å². The van der Waals surface area contributed by atoms with Crippen molar-refractivity contribution in [3.63, 3.8) is 0 Å².